The lowest BCUT2D eigenvalue weighted by Crippen LogP contribution is -2.26. The first kappa shape index (κ1) is 8.97. The van der Waals surface area contributed by atoms with Crippen molar-refractivity contribution in [3.8, 4) is 6.07 Å². The maximum absolute atomic E-state index is 8.69. The monoisotopic (exact) mass is 188 g/mol. The summed E-state index contributed by atoms with van der Waals surface area (Å²) in [6.45, 7) is 2.13. The van der Waals surface area contributed by atoms with Gasteiger partial charge in [0.15, 0.2) is 0 Å². The van der Waals surface area contributed by atoms with Gasteiger partial charge in [0.25, 0.3) is 0 Å². The van der Waals surface area contributed by atoms with Crippen molar-refractivity contribution in [3.63, 3.8) is 0 Å². The van der Waals surface area contributed by atoms with Crippen LogP contribution in [-0.2, 0) is 0 Å². The first-order valence-electron chi connectivity index (χ1n) is 4.75. The van der Waals surface area contributed by atoms with E-state index in [9.17, 15) is 0 Å². The van der Waals surface area contributed by atoms with E-state index in [-0.39, 0.29) is 0 Å². The Balaban J connectivity index is 2.05. The van der Waals surface area contributed by atoms with Crippen LogP contribution in [-0.4, -0.2) is 23.1 Å². The summed E-state index contributed by atoms with van der Waals surface area (Å²) in [4.78, 5) is 3.99. The van der Waals surface area contributed by atoms with Gasteiger partial charge in [-0.05, 0) is 18.9 Å². The van der Waals surface area contributed by atoms with Gasteiger partial charge in [0.05, 0.1) is 17.4 Å². The first-order valence-corrected chi connectivity index (χ1v) is 4.75. The molecule has 0 amide bonds. The largest absolute Gasteiger partial charge is 0.317 e. The first-order chi connectivity index (χ1) is 6.88. The van der Waals surface area contributed by atoms with E-state index in [0.717, 1.165) is 18.8 Å². The summed E-state index contributed by atoms with van der Waals surface area (Å²) < 4.78 is 0. The molecule has 0 atom stereocenters. The van der Waals surface area contributed by atoms with Crippen LogP contribution in [0.2, 0.25) is 0 Å². The fourth-order valence-electron chi connectivity index (χ4n) is 1.57. The van der Waals surface area contributed by atoms with Gasteiger partial charge in [0.1, 0.15) is 6.07 Å². The van der Waals surface area contributed by atoms with Gasteiger partial charge in [0, 0.05) is 19.3 Å². The number of rotatable bonds is 2. The summed E-state index contributed by atoms with van der Waals surface area (Å²) in [5, 5.41) is 10.8. The number of aromatic nitrogens is 1. The molecule has 0 radical (unpaired) electrons. The molecule has 1 aliphatic heterocycles. The van der Waals surface area contributed by atoms with E-state index < -0.39 is 0 Å². The third kappa shape index (κ3) is 2.01. The van der Waals surface area contributed by atoms with Crippen LogP contribution in [0.1, 0.15) is 18.4 Å². The van der Waals surface area contributed by atoms with Crippen LogP contribution in [0.25, 0.3) is 0 Å². The smallest absolute Gasteiger partial charge is 0.101 e. The molecule has 14 heavy (non-hydrogen) atoms. The second kappa shape index (κ2) is 4.07. The van der Waals surface area contributed by atoms with E-state index in [4.69, 9.17) is 5.26 Å². The number of nitrogens with one attached hydrogen (secondary N) is 1. The van der Waals surface area contributed by atoms with Crippen LogP contribution in [0, 0.1) is 11.3 Å². The number of nitrogens with zero attached hydrogens (tertiary/aromatic N) is 3. The maximum Gasteiger partial charge on any atom is 0.101 e. The summed E-state index contributed by atoms with van der Waals surface area (Å²) in [5.41, 5.74) is 4.72. The van der Waals surface area contributed by atoms with Crippen LogP contribution >= 0.6 is 0 Å². The molecular weight excluding hydrogens is 176 g/mol. The summed E-state index contributed by atoms with van der Waals surface area (Å²) in [6.07, 6.45) is 5.77. The quantitative estimate of drug-likeness (QED) is 0.761. The minimum absolute atomic E-state index is 0.592. The highest BCUT2D eigenvalue weighted by Crippen LogP contribution is 2.12. The molecule has 0 aromatic carbocycles. The Kier molecular flexibility index (Phi) is 2.61. The Hall–Kier alpha value is -1.60. The number of hydrazine groups is 1. The lowest BCUT2D eigenvalue weighted by Gasteiger charge is -2.17. The summed E-state index contributed by atoms with van der Waals surface area (Å²) in [6, 6.07) is 3.88. The molecule has 0 bridgehead atoms. The Bertz CT molecular complexity index is 349. The fourth-order valence-corrected chi connectivity index (χ4v) is 1.57. The third-order valence-corrected chi connectivity index (χ3v) is 2.26. The molecule has 0 saturated carbocycles. The van der Waals surface area contributed by atoms with Gasteiger partial charge >= 0.3 is 0 Å². The minimum Gasteiger partial charge on any atom is -0.317 e. The number of hydrogen-bond donors (Lipinski definition) is 1. The van der Waals surface area contributed by atoms with Crippen molar-refractivity contribution in [2.24, 2.45) is 0 Å². The molecule has 1 aromatic heterocycles. The fraction of sp³-hybridized carbons (Fsp3) is 0.400. The molecule has 4 heteroatoms. The lowest BCUT2D eigenvalue weighted by atomic mass is 10.3. The van der Waals surface area contributed by atoms with Crippen molar-refractivity contribution in [1.29, 1.82) is 5.26 Å². The van der Waals surface area contributed by atoms with Crippen molar-refractivity contribution < 1.29 is 0 Å². The highest BCUT2D eigenvalue weighted by atomic mass is 15.5. The van der Waals surface area contributed by atoms with Crippen molar-refractivity contribution in [1.82, 2.24) is 9.99 Å². The average molecular weight is 188 g/mol. The second-order valence-corrected chi connectivity index (χ2v) is 3.38. The van der Waals surface area contributed by atoms with Crippen LogP contribution in [0.15, 0.2) is 18.5 Å². The van der Waals surface area contributed by atoms with Crippen molar-refractivity contribution in [3.05, 3.63) is 24.0 Å². The SMILES string of the molecule is N#Cc1cncc(NN2CCCC2)c1. The van der Waals surface area contributed by atoms with Crippen molar-refractivity contribution in [2.45, 2.75) is 12.8 Å². The van der Waals surface area contributed by atoms with Gasteiger partial charge in [-0.25, -0.2) is 5.01 Å². The Morgan fingerprint density at radius 1 is 1.36 bits per heavy atom. The Labute approximate surface area is 83.1 Å². The van der Waals surface area contributed by atoms with E-state index in [2.05, 4.69) is 21.5 Å². The molecule has 0 unspecified atom stereocenters. The molecule has 2 heterocycles. The van der Waals surface area contributed by atoms with Crippen LogP contribution in [0.5, 0.6) is 0 Å². The molecule has 72 valence electrons. The second-order valence-electron chi connectivity index (χ2n) is 3.38. The molecule has 1 fully saturated rings. The number of pyridine rings is 1. The minimum atomic E-state index is 0.592. The van der Waals surface area contributed by atoms with Gasteiger partial charge in [-0.3, -0.25) is 4.98 Å². The summed E-state index contributed by atoms with van der Waals surface area (Å²) >= 11 is 0. The highest BCUT2D eigenvalue weighted by molar-refractivity contribution is 5.45. The summed E-state index contributed by atoms with van der Waals surface area (Å²) in [5.74, 6) is 0. The zero-order valence-corrected chi connectivity index (χ0v) is 7.90. The van der Waals surface area contributed by atoms with E-state index in [1.165, 1.54) is 12.8 Å². The van der Waals surface area contributed by atoms with E-state index in [1.54, 1.807) is 12.4 Å². The number of anilines is 1. The van der Waals surface area contributed by atoms with E-state index in [0.29, 0.717) is 5.56 Å². The lowest BCUT2D eigenvalue weighted by molar-refractivity contribution is 0.410. The molecule has 1 saturated heterocycles. The molecule has 4 nitrogen and oxygen atoms in total. The molecule has 0 aliphatic carbocycles. The molecule has 1 aromatic rings. The molecule has 2 rings (SSSR count). The zero-order chi connectivity index (χ0) is 9.80. The van der Waals surface area contributed by atoms with Crippen molar-refractivity contribution in [2.75, 3.05) is 18.5 Å². The normalized spacial score (nSPS) is 16.5. The van der Waals surface area contributed by atoms with Crippen molar-refractivity contribution >= 4 is 5.69 Å². The van der Waals surface area contributed by atoms with E-state index in [1.807, 2.05) is 6.07 Å². The van der Waals surface area contributed by atoms with Crippen LogP contribution in [0.4, 0.5) is 5.69 Å². The van der Waals surface area contributed by atoms with Gasteiger partial charge in [-0.2, -0.15) is 5.26 Å². The average Bonchev–Trinajstić information content (AvgIpc) is 2.71. The van der Waals surface area contributed by atoms with Gasteiger partial charge < -0.3 is 5.43 Å². The van der Waals surface area contributed by atoms with E-state index >= 15 is 0 Å². The Morgan fingerprint density at radius 2 is 2.14 bits per heavy atom. The molecule has 1 N–H and O–H groups in total. The third-order valence-electron chi connectivity index (χ3n) is 2.26. The number of hydrogen-bond acceptors (Lipinski definition) is 4. The van der Waals surface area contributed by atoms with Crippen LogP contribution < -0.4 is 5.43 Å². The molecular formula is C10H12N4. The topological polar surface area (TPSA) is 52.0 Å². The van der Waals surface area contributed by atoms with Gasteiger partial charge in [-0.1, -0.05) is 0 Å². The van der Waals surface area contributed by atoms with Gasteiger partial charge in [-0.15, -0.1) is 0 Å². The predicted octanol–water partition coefficient (Wildman–Crippen LogP) is 1.38. The zero-order valence-electron chi connectivity index (χ0n) is 7.90. The highest BCUT2D eigenvalue weighted by Gasteiger charge is 2.10. The van der Waals surface area contributed by atoms with Gasteiger partial charge in [0.2, 0.25) is 0 Å². The standard InChI is InChI=1S/C10H12N4/c11-6-9-5-10(8-12-7-9)13-14-3-1-2-4-14/h5,7-8,13H,1-4H2. The maximum atomic E-state index is 8.69. The molecule has 1 aliphatic rings. The Morgan fingerprint density at radius 3 is 2.86 bits per heavy atom. The summed E-state index contributed by atoms with van der Waals surface area (Å²) in [7, 11) is 0. The molecule has 0 spiro atoms. The van der Waals surface area contributed by atoms with Crippen LogP contribution in [0.3, 0.4) is 0 Å². The number of nitriles is 1. The predicted molar refractivity (Wildman–Crippen MR) is 53.4 cm³/mol.